The number of hydrogen-bond acceptors (Lipinski definition) is 0. The quantitative estimate of drug-likeness (QED) is 0.375. The van der Waals surface area contributed by atoms with E-state index in [0.29, 0.717) is 0 Å². The molecule has 124 valence electrons. The Morgan fingerprint density at radius 2 is 1.12 bits per heavy atom. The monoisotopic (exact) mass is 316 g/mol. The van der Waals surface area contributed by atoms with Gasteiger partial charge in [-0.25, -0.2) is 0 Å². The van der Waals surface area contributed by atoms with E-state index in [4.69, 9.17) is 0 Å². The molecule has 0 aliphatic heterocycles. The van der Waals surface area contributed by atoms with Gasteiger partial charge >= 0.3 is 0 Å². The van der Waals surface area contributed by atoms with Crippen LogP contribution in [0.5, 0.6) is 0 Å². The molecule has 0 unspecified atom stereocenters. The number of hydrogen-bond donors (Lipinski definition) is 0. The van der Waals surface area contributed by atoms with Crippen LogP contribution in [-0.4, -0.2) is 0 Å². The van der Waals surface area contributed by atoms with Gasteiger partial charge in [0.05, 0.1) is 0 Å². The van der Waals surface area contributed by atoms with Crippen LogP contribution in [0.25, 0.3) is 0 Å². The second kappa shape index (κ2) is 13.8. The van der Waals surface area contributed by atoms with Crippen LogP contribution in [0.2, 0.25) is 0 Å². The van der Waals surface area contributed by atoms with Crippen molar-refractivity contribution in [3.8, 4) is 0 Å². The van der Waals surface area contributed by atoms with E-state index >= 15 is 0 Å². The van der Waals surface area contributed by atoms with Gasteiger partial charge in [0, 0.05) is 0 Å². The van der Waals surface area contributed by atoms with E-state index in [-0.39, 0.29) is 0 Å². The van der Waals surface area contributed by atoms with Gasteiger partial charge in [0.25, 0.3) is 0 Å². The lowest BCUT2D eigenvalue weighted by Crippen LogP contribution is -1.85. The highest BCUT2D eigenvalue weighted by atomic mass is 14.0. The summed E-state index contributed by atoms with van der Waals surface area (Å²) in [4.78, 5) is 0. The summed E-state index contributed by atoms with van der Waals surface area (Å²) in [5.74, 6) is 0. The standard InChI is InChI=1S/C24H28/c1-7-13-15-17-21(9-3)23(11-5)19-20-24(12-6)22(10-4)18-16-14-8-2/h7-20H,1,3,5-6H2,2,4H3/b14-8-,15-13-,18-16-,21-17+,22-10+,23-19+,24-20+. The second-order valence-corrected chi connectivity index (χ2v) is 4.73. The summed E-state index contributed by atoms with van der Waals surface area (Å²) in [6, 6.07) is 0. The molecule has 0 saturated carbocycles. The van der Waals surface area contributed by atoms with E-state index < -0.39 is 0 Å². The van der Waals surface area contributed by atoms with Crippen molar-refractivity contribution in [2.24, 2.45) is 0 Å². The van der Waals surface area contributed by atoms with Gasteiger partial charge < -0.3 is 0 Å². The normalized spacial score (nSPS) is 14.6. The van der Waals surface area contributed by atoms with Gasteiger partial charge in [0.15, 0.2) is 0 Å². The first-order valence-corrected chi connectivity index (χ1v) is 7.93. The topological polar surface area (TPSA) is 0 Å². The van der Waals surface area contributed by atoms with Crippen LogP contribution in [0.15, 0.2) is 134 Å². The van der Waals surface area contributed by atoms with Crippen molar-refractivity contribution < 1.29 is 0 Å². The average Bonchev–Trinajstić information content (AvgIpc) is 2.61. The third-order valence-electron chi connectivity index (χ3n) is 3.18. The molecule has 0 rings (SSSR count). The zero-order valence-electron chi connectivity index (χ0n) is 14.9. The minimum atomic E-state index is 0.992. The van der Waals surface area contributed by atoms with E-state index in [1.54, 1.807) is 6.08 Å². The van der Waals surface area contributed by atoms with Crippen molar-refractivity contribution in [1.82, 2.24) is 0 Å². The molecule has 0 atom stereocenters. The molecule has 0 N–H and O–H groups in total. The summed E-state index contributed by atoms with van der Waals surface area (Å²) < 4.78 is 0. The van der Waals surface area contributed by atoms with Gasteiger partial charge in [0.2, 0.25) is 0 Å². The summed E-state index contributed by atoms with van der Waals surface area (Å²) >= 11 is 0. The number of allylic oxidation sites excluding steroid dienone is 18. The van der Waals surface area contributed by atoms with Crippen LogP contribution in [0.1, 0.15) is 13.8 Å². The summed E-state index contributed by atoms with van der Waals surface area (Å²) in [5, 5.41) is 0. The predicted octanol–water partition coefficient (Wildman–Crippen LogP) is 7.14. The third kappa shape index (κ3) is 7.95. The first-order chi connectivity index (χ1) is 11.7. The maximum atomic E-state index is 3.91. The molecule has 0 aromatic rings. The highest BCUT2D eigenvalue weighted by molar-refractivity contribution is 5.52. The van der Waals surface area contributed by atoms with Gasteiger partial charge in [-0.1, -0.05) is 111 Å². The Labute approximate surface area is 148 Å². The van der Waals surface area contributed by atoms with E-state index in [9.17, 15) is 0 Å². The Hall–Kier alpha value is -2.86. The lowest BCUT2D eigenvalue weighted by Gasteiger charge is -2.04. The maximum Gasteiger partial charge on any atom is -0.0190 e. The molecule has 0 aliphatic carbocycles. The molecule has 0 aromatic heterocycles. The molecular weight excluding hydrogens is 288 g/mol. The first kappa shape index (κ1) is 21.1. The van der Waals surface area contributed by atoms with Crippen LogP contribution < -0.4 is 0 Å². The fraction of sp³-hybridized carbons (Fsp3) is 0.0833. The first-order valence-electron chi connectivity index (χ1n) is 7.93. The van der Waals surface area contributed by atoms with E-state index in [1.165, 1.54) is 0 Å². The van der Waals surface area contributed by atoms with Crippen molar-refractivity contribution in [3.05, 3.63) is 134 Å². The molecule has 0 bridgehead atoms. The Morgan fingerprint density at radius 1 is 0.583 bits per heavy atom. The second-order valence-electron chi connectivity index (χ2n) is 4.73. The van der Waals surface area contributed by atoms with E-state index in [0.717, 1.165) is 22.3 Å². The SMILES string of the molecule is C=C\C=C/C=C(C=C)/C(C=C)=C/C=C(C=C)/C(/C=C\C=C/C)=C/C. The molecule has 0 amide bonds. The average molecular weight is 316 g/mol. The highest BCUT2D eigenvalue weighted by Crippen LogP contribution is 2.17. The van der Waals surface area contributed by atoms with Crippen LogP contribution in [-0.2, 0) is 0 Å². The van der Waals surface area contributed by atoms with Crippen LogP contribution in [0.4, 0.5) is 0 Å². The van der Waals surface area contributed by atoms with E-state index in [1.807, 2.05) is 80.7 Å². The highest BCUT2D eigenvalue weighted by Gasteiger charge is 1.98. The predicted molar refractivity (Wildman–Crippen MR) is 112 cm³/mol. The fourth-order valence-electron chi connectivity index (χ4n) is 1.89. The molecule has 0 fully saturated rings. The van der Waals surface area contributed by atoms with Crippen LogP contribution in [0, 0.1) is 0 Å². The van der Waals surface area contributed by atoms with Gasteiger partial charge in [-0.05, 0) is 36.1 Å². The summed E-state index contributed by atoms with van der Waals surface area (Å²) in [5.41, 5.74) is 4.14. The van der Waals surface area contributed by atoms with Crippen molar-refractivity contribution in [1.29, 1.82) is 0 Å². The molecule has 0 nitrogen and oxygen atoms in total. The van der Waals surface area contributed by atoms with Crippen LogP contribution in [0.3, 0.4) is 0 Å². The molecule has 0 aromatic carbocycles. The molecule has 0 radical (unpaired) electrons. The van der Waals surface area contributed by atoms with Gasteiger partial charge in [-0.3, -0.25) is 0 Å². The molecule has 0 spiro atoms. The minimum Gasteiger partial charge on any atom is -0.0991 e. The Balaban J connectivity index is 5.73. The fourth-order valence-corrected chi connectivity index (χ4v) is 1.89. The van der Waals surface area contributed by atoms with Gasteiger partial charge in [-0.2, -0.15) is 0 Å². The minimum absolute atomic E-state index is 0.992. The zero-order chi connectivity index (χ0) is 18.2. The van der Waals surface area contributed by atoms with E-state index in [2.05, 4.69) is 38.5 Å². The molecule has 24 heavy (non-hydrogen) atoms. The Kier molecular flexibility index (Phi) is 12.1. The third-order valence-corrected chi connectivity index (χ3v) is 3.18. The largest absolute Gasteiger partial charge is 0.0991 e. The smallest absolute Gasteiger partial charge is 0.0190 e. The zero-order valence-corrected chi connectivity index (χ0v) is 14.9. The van der Waals surface area contributed by atoms with Gasteiger partial charge in [-0.15, -0.1) is 0 Å². The molecular formula is C24H28. The lowest BCUT2D eigenvalue weighted by atomic mass is 10.0. The van der Waals surface area contributed by atoms with Crippen molar-refractivity contribution in [2.75, 3.05) is 0 Å². The lowest BCUT2D eigenvalue weighted by molar-refractivity contribution is 1.48. The summed E-state index contributed by atoms with van der Waals surface area (Å²) in [7, 11) is 0. The maximum absolute atomic E-state index is 3.91. The van der Waals surface area contributed by atoms with Crippen molar-refractivity contribution in [2.45, 2.75) is 13.8 Å². The summed E-state index contributed by atoms with van der Waals surface area (Å²) in [6.45, 7) is 19.3. The number of rotatable bonds is 10. The Morgan fingerprint density at radius 3 is 1.58 bits per heavy atom. The van der Waals surface area contributed by atoms with Crippen LogP contribution >= 0.6 is 0 Å². The van der Waals surface area contributed by atoms with Gasteiger partial charge in [0.1, 0.15) is 0 Å². The molecule has 0 heterocycles. The van der Waals surface area contributed by atoms with Crippen molar-refractivity contribution >= 4 is 0 Å². The Bertz CT molecular complexity index is 650. The van der Waals surface area contributed by atoms with Crippen molar-refractivity contribution in [3.63, 3.8) is 0 Å². The summed E-state index contributed by atoms with van der Waals surface area (Å²) in [6.07, 6.45) is 27.2. The molecule has 0 saturated heterocycles. The molecule has 0 aliphatic rings. The molecule has 0 heteroatoms.